The topological polar surface area (TPSA) is 55.1 Å². The molecule has 0 fully saturated rings. The van der Waals surface area contributed by atoms with Crippen LogP contribution in [0.25, 0.3) is 5.65 Å². The molecule has 0 unspecified atom stereocenters. The van der Waals surface area contributed by atoms with Crippen LogP contribution in [0, 0.1) is 0 Å². The molecule has 2 rings (SSSR count). The highest BCUT2D eigenvalue weighted by Gasteiger charge is 2.27. The molecule has 0 saturated heterocycles. The first-order valence-electron chi connectivity index (χ1n) is 6.02. The number of thioether (sulfide) groups is 1. The third-order valence-electron chi connectivity index (χ3n) is 2.56. The fourth-order valence-electron chi connectivity index (χ4n) is 1.61. The van der Waals surface area contributed by atoms with Crippen molar-refractivity contribution in [2.24, 2.45) is 0 Å². The zero-order valence-electron chi connectivity index (χ0n) is 11.0. The van der Waals surface area contributed by atoms with Gasteiger partial charge in [-0.2, -0.15) is 22.8 Å². The maximum Gasteiger partial charge on any atom is 0.441 e. The van der Waals surface area contributed by atoms with E-state index >= 15 is 0 Å². The molecule has 0 aromatic carbocycles. The van der Waals surface area contributed by atoms with Crippen molar-refractivity contribution in [2.75, 3.05) is 17.6 Å². The Morgan fingerprint density at radius 1 is 1.40 bits per heavy atom. The second kappa shape index (κ2) is 5.86. The molecule has 2 aromatic heterocycles. The van der Waals surface area contributed by atoms with Gasteiger partial charge in [0.05, 0.1) is 11.4 Å². The minimum atomic E-state index is -4.20. The van der Waals surface area contributed by atoms with Crippen LogP contribution in [-0.2, 0) is 0 Å². The SMILES string of the molecule is CC(C)c1cc(NCCSC(F)(F)F)c2nncn2n1. The van der Waals surface area contributed by atoms with Gasteiger partial charge in [0.15, 0.2) is 0 Å². The Hall–Kier alpha value is -1.51. The predicted molar refractivity (Wildman–Crippen MR) is 71.9 cm³/mol. The molecule has 5 nitrogen and oxygen atoms in total. The number of fused-ring (bicyclic) bond motifs is 1. The van der Waals surface area contributed by atoms with Crippen molar-refractivity contribution in [2.45, 2.75) is 25.3 Å². The Kier molecular flexibility index (Phi) is 4.36. The summed E-state index contributed by atoms with van der Waals surface area (Å²) in [5.74, 6) is 0.134. The van der Waals surface area contributed by atoms with E-state index in [2.05, 4.69) is 20.6 Å². The molecule has 2 aromatic rings. The summed E-state index contributed by atoms with van der Waals surface area (Å²) in [6.07, 6.45) is 1.47. The summed E-state index contributed by atoms with van der Waals surface area (Å²) in [5.41, 5.74) is -2.23. The molecule has 110 valence electrons. The van der Waals surface area contributed by atoms with E-state index in [1.807, 2.05) is 13.8 Å². The Morgan fingerprint density at radius 3 is 2.80 bits per heavy atom. The fourth-order valence-corrected chi connectivity index (χ4v) is 2.05. The number of hydrogen-bond donors (Lipinski definition) is 1. The zero-order chi connectivity index (χ0) is 14.8. The fraction of sp³-hybridized carbons (Fsp3) is 0.545. The quantitative estimate of drug-likeness (QED) is 0.861. The summed E-state index contributed by atoms with van der Waals surface area (Å²) < 4.78 is 37.7. The van der Waals surface area contributed by atoms with Crippen molar-refractivity contribution in [3.05, 3.63) is 18.1 Å². The molecule has 20 heavy (non-hydrogen) atoms. The largest absolute Gasteiger partial charge is 0.441 e. The lowest BCUT2D eigenvalue weighted by Crippen LogP contribution is -2.11. The van der Waals surface area contributed by atoms with E-state index in [1.54, 1.807) is 6.07 Å². The van der Waals surface area contributed by atoms with Gasteiger partial charge in [-0.25, -0.2) is 0 Å². The molecule has 0 amide bonds. The van der Waals surface area contributed by atoms with Crippen LogP contribution in [0.15, 0.2) is 12.4 Å². The molecular formula is C11H14F3N5S. The Balaban J connectivity index is 2.10. The van der Waals surface area contributed by atoms with E-state index in [0.29, 0.717) is 11.3 Å². The van der Waals surface area contributed by atoms with Gasteiger partial charge in [0.25, 0.3) is 0 Å². The lowest BCUT2D eigenvalue weighted by atomic mass is 10.1. The van der Waals surface area contributed by atoms with E-state index in [9.17, 15) is 13.2 Å². The third kappa shape index (κ3) is 3.75. The zero-order valence-corrected chi connectivity index (χ0v) is 11.8. The van der Waals surface area contributed by atoms with E-state index < -0.39 is 5.51 Å². The molecule has 1 N–H and O–H groups in total. The van der Waals surface area contributed by atoms with Crippen LogP contribution in [0.5, 0.6) is 0 Å². The molecule has 0 radical (unpaired) electrons. The summed E-state index contributed by atoms with van der Waals surface area (Å²) in [6.45, 7) is 4.16. The number of anilines is 1. The van der Waals surface area contributed by atoms with Crippen LogP contribution in [0.4, 0.5) is 18.9 Å². The Bertz CT molecular complexity index is 581. The van der Waals surface area contributed by atoms with E-state index in [4.69, 9.17) is 0 Å². The summed E-state index contributed by atoms with van der Waals surface area (Å²) in [7, 11) is 0. The molecule has 0 aliphatic carbocycles. The maximum atomic E-state index is 12.1. The van der Waals surface area contributed by atoms with Gasteiger partial charge in [-0.05, 0) is 23.7 Å². The Labute approximate surface area is 118 Å². The molecule has 2 heterocycles. The molecule has 0 aliphatic heterocycles. The third-order valence-corrected chi connectivity index (χ3v) is 3.30. The van der Waals surface area contributed by atoms with Gasteiger partial charge in [-0.15, -0.1) is 10.2 Å². The first-order valence-corrected chi connectivity index (χ1v) is 7.01. The number of halogens is 3. The monoisotopic (exact) mass is 305 g/mol. The Morgan fingerprint density at radius 2 is 2.15 bits per heavy atom. The molecule has 0 spiro atoms. The van der Waals surface area contributed by atoms with Crippen LogP contribution in [-0.4, -0.2) is 37.6 Å². The number of hydrogen-bond acceptors (Lipinski definition) is 5. The number of rotatable bonds is 5. The summed E-state index contributed by atoms with van der Waals surface area (Å²) in [4.78, 5) is 0. The van der Waals surface area contributed by atoms with Gasteiger partial charge in [-0.1, -0.05) is 13.8 Å². The van der Waals surface area contributed by atoms with Crippen molar-refractivity contribution in [3.8, 4) is 0 Å². The lowest BCUT2D eigenvalue weighted by molar-refractivity contribution is -0.0327. The molecule has 9 heteroatoms. The van der Waals surface area contributed by atoms with Crippen molar-refractivity contribution in [1.29, 1.82) is 0 Å². The normalized spacial score (nSPS) is 12.3. The van der Waals surface area contributed by atoms with Gasteiger partial charge < -0.3 is 5.32 Å². The van der Waals surface area contributed by atoms with Crippen molar-refractivity contribution >= 4 is 23.1 Å². The first kappa shape index (κ1) is 14.9. The van der Waals surface area contributed by atoms with Gasteiger partial charge in [0, 0.05) is 12.3 Å². The van der Waals surface area contributed by atoms with Crippen molar-refractivity contribution in [1.82, 2.24) is 19.8 Å². The van der Waals surface area contributed by atoms with Crippen molar-refractivity contribution < 1.29 is 13.2 Å². The smallest absolute Gasteiger partial charge is 0.381 e. The van der Waals surface area contributed by atoms with E-state index in [-0.39, 0.29) is 30.0 Å². The highest BCUT2D eigenvalue weighted by molar-refractivity contribution is 8.00. The minimum absolute atomic E-state index is 0.0502. The van der Waals surface area contributed by atoms with Gasteiger partial charge in [0.1, 0.15) is 6.33 Å². The highest BCUT2D eigenvalue weighted by Crippen LogP contribution is 2.29. The molecule has 0 bridgehead atoms. The summed E-state index contributed by atoms with van der Waals surface area (Å²) in [6, 6.07) is 1.80. The van der Waals surface area contributed by atoms with Crippen LogP contribution in [0.1, 0.15) is 25.5 Å². The van der Waals surface area contributed by atoms with Crippen LogP contribution in [0.2, 0.25) is 0 Å². The molecule has 0 atom stereocenters. The molecular weight excluding hydrogens is 291 g/mol. The summed E-state index contributed by atoms with van der Waals surface area (Å²) >= 11 is -0.0502. The summed E-state index contributed by atoms with van der Waals surface area (Å²) in [5, 5.41) is 14.9. The van der Waals surface area contributed by atoms with Crippen molar-refractivity contribution in [3.63, 3.8) is 0 Å². The number of nitrogens with one attached hydrogen (secondary N) is 1. The predicted octanol–water partition coefficient (Wildman–Crippen LogP) is 2.91. The lowest BCUT2D eigenvalue weighted by Gasteiger charge is -2.11. The highest BCUT2D eigenvalue weighted by atomic mass is 32.2. The van der Waals surface area contributed by atoms with Crippen LogP contribution < -0.4 is 5.32 Å². The standard InChI is InChI=1S/C11H14F3N5S/c1-7(2)8-5-9(10-17-16-6-19(10)18-8)15-3-4-20-11(12,13)14/h5-7,15H,3-4H2,1-2H3. The van der Waals surface area contributed by atoms with Crippen LogP contribution in [0.3, 0.4) is 0 Å². The second-order valence-electron chi connectivity index (χ2n) is 4.46. The average Bonchev–Trinajstić information content (AvgIpc) is 2.81. The van der Waals surface area contributed by atoms with Crippen LogP contribution >= 0.6 is 11.8 Å². The number of aromatic nitrogens is 4. The van der Waals surface area contributed by atoms with E-state index in [1.165, 1.54) is 10.8 Å². The van der Waals surface area contributed by atoms with Gasteiger partial charge in [0.2, 0.25) is 5.65 Å². The first-order chi connectivity index (χ1) is 9.37. The van der Waals surface area contributed by atoms with Gasteiger partial charge >= 0.3 is 5.51 Å². The second-order valence-corrected chi connectivity index (χ2v) is 5.62. The minimum Gasteiger partial charge on any atom is -0.381 e. The average molecular weight is 305 g/mol. The van der Waals surface area contributed by atoms with E-state index in [0.717, 1.165) is 5.69 Å². The van der Waals surface area contributed by atoms with Gasteiger partial charge in [-0.3, -0.25) is 0 Å². The molecule has 0 saturated carbocycles. The maximum absolute atomic E-state index is 12.1. The number of nitrogens with zero attached hydrogens (tertiary/aromatic N) is 4. The molecule has 0 aliphatic rings. The number of alkyl halides is 3.